The van der Waals surface area contributed by atoms with Gasteiger partial charge in [-0.05, 0) is 36.6 Å². The Hall–Kier alpha value is -2.29. The molecule has 0 aliphatic rings. The highest BCUT2D eigenvalue weighted by Gasteiger charge is 2.19. The second kappa shape index (κ2) is 7.94. The molecule has 1 aromatic carbocycles. The molecule has 3 aromatic rings. The summed E-state index contributed by atoms with van der Waals surface area (Å²) in [5, 5.41) is 6.96. The zero-order chi connectivity index (χ0) is 18.7. The molecule has 0 fully saturated rings. The number of hydrogen-bond acceptors (Lipinski definition) is 6. The standard InChI is InChI=1S/C17H12ClFN2O3S2/c1-9-15(26-16(20-9)10-4-5-25-8-10)17(23)24-7-14(22)21-11-2-3-13(19)12(18)6-11/h2-6,8H,7H2,1H3,(H,21,22). The van der Waals surface area contributed by atoms with E-state index in [1.54, 1.807) is 6.92 Å². The number of anilines is 1. The molecule has 0 aliphatic carbocycles. The maximum Gasteiger partial charge on any atom is 0.350 e. The summed E-state index contributed by atoms with van der Waals surface area (Å²) in [4.78, 5) is 28.8. The third-order valence-electron chi connectivity index (χ3n) is 3.29. The largest absolute Gasteiger partial charge is 0.451 e. The normalized spacial score (nSPS) is 10.6. The molecule has 0 radical (unpaired) electrons. The molecule has 1 N–H and O–H groups in total. The van der Waals surface area contributed by atoms with Crippen LogP contribution >= 0.6 is 34.3 Å². The van der Waals surface area contributed by atoms with Gasteiger partial charge in [-0.1, -0.05) is 11.6 Å². The minimum Gasteiger partial charge on any atom is -0.451 e. The van der Waals surface area contributed by atoms with Crippen LogP contribution in [0.3, 0.4) is 0 Å². The number of benzene rings is 1. The number of hydrogen-bond donors (Lipinski definition) is 1. The summed E-state index contributed by atoms with van der Waals surface area (Å²) in [6.45, 7) is 1.24. The summed E-state index contributed by atoms with van der Waals surface area (Å²) < 4.78 is 18.1. The molecule has 2 aromatic heterocycles. The van der Waals surface area contributed by atoms with Gasteiger partial charge in [-0.25, -0.2) is 14.2 Å². The number of ether oxygens (including phenoxy) is 1. The SMILES string of the molecule is Cc1nc(-c2ccsc2)sc1C(=O)OCC(=O)Nc1ccc(F)c(Cl)c1. The number of halogens is 2. The first kappa shape index (κ1) is 18.5. The number of carbonyl (C=O) groups excluding carboxylic acids is 2. The van der Waals surface area contributed by atoms with Crippen molar-refractivity contribution in [2.45, 2.75) is 6.92 Å². The number of nitrogens with zero attached hydrogens (tertiary/aromatic N) is 1. The number of aromatic nitrogens is 1. The number of carbonyl (C=O) groups is 2. The molecule has 26 heavy (non-hydrogen) atoms. The summed E-state index contributed by atoms with van der Waals surface area (Å²) in [5.41, 5.74) is 1.80. The smallest absolute Gasteiger partial charge is 0.350 e. The van der Waals surface area contributed by atoms with E-state index in [0.717, 1.165) is 16.6 Å². The average molecular weight is 411 g/mol. The van der Waals surface area contributed by atoms with Crippen LogP contribution in [0.2, 0.25) is 5.02 Å². The summed E-state index contributed by atoms with van der Waals surface area (Å²) in [7, 11) is 0. The number of nitrogens with one attached hydrogen (secondary N) is 1. The van der Waals surface area contributed by atoms with Crippen molar-refractivity contribution in [1.29, 1.82) is 0 Å². The minimum absolute atomic E-state index is 0.110. The van der Waals surface area contributed by atoms with Crippen molar-refractivity contribution in [2.75, 3.05) is 11.9 Å². The topological polar surface area (TPSA) is 68.3 Å². The van der Waals surface area contributed by atoms with E-state index in [1.807, 2.05) is 16.8 Å². The first-order valence-electron chi connectivity index (χ1n) is 7.36. The molecular formula is C17H12ClFN2O3S2. The van der Waals surface area contributed by atoms with Gasteiger partial charge in [0.25, 0.3) is 5.91 Å². The van der Waals surface area contributed by atoms with E-state index in [4.69, 9.17) is 16.3 Å². The second-order valence-corrected chi connectivity index (χ2v) is 7.39. The van der Waals surface area contributed by atoms with E-state index in [-0.39, 0.29) is 5.02 Å². The lowest BCUT2D eigenvalue weighted by atomic mass is 10.3. The summed E-state index contributed by atoms with van der Waals surface area (Å²) >= 11 is 8.40. The molecular weight excluding hydrogens is 399 g/mol. The maximum absolute atomic E-state index is 13.1. The Bertz CT molecular complexity index is 957. The molecule has 1 amide bonds. The highest BCUT2D eigenvalue weighted by Crippen LogP contribution is 2.29. The summed E-state index contributed by atoms with van der Waals surface area (Å²) in [6.07, 6.45) is 0. The molecule has 0 bridgehead atoms. The highest BCUT2D eigenvalue weighted by molar-refractivity contribution is 7.17. The molecule has 134 valence electrons. The highest BCUT2D eigenvalue weighted by atomic mass is 35.5. The number of amides is 1. The van der Waals surface area contributed by atoms with Gasteiger partial charge in [-0.3, -0.25) is 4.79 Å². The van der Waals surface area contributed by atoms with Gasteiger partial charge in [0.15, 0.2) is 6.61 Å². The van der Waals surface area contributed by atoms with Gasteiger partial charge in [-0.15, -0.1) is 11.3 Å². The molecule has 0 saturated carbocycles. The third kappa shape index (κ3) is 4.27. The molecule has 0 unspecified atom stereocenters. The summed E-state index contributed by atoms with van der Waals surface area (Å²) in [5.74, 6) is -1.76. The van der Waals surface area contributed by atoms with Crippen molar-refractivity contribution >= 4 is 51.8 Å². The van der Waals surface area contributed by atoms with Gasteiger partial charge >= 0.3 is 5.97 Å². The van der Waals surface area contributed by atoms with Crippen molar-refractivity contribution < 1.29 is 18.7 Å². The fourth-order valence-corrected chi connectivity index (χ4v) is 3.92. The van der Waals surface area contributed by atoms with Crippen LogP contribution in [0, 0.1) is 12.7 Å². The first-order chi connectivity index (χ1) is 12.4. The van der Waals surface area contributed by atoms with Crippen LogP contribution < -0.4 is 5.32 Å². The molecule has 0 aliphatic heterocycles. The van der Waals surface area contributed by atoms with Gasteiger partial charge in [0.05, 0.1) is 10.7 Å². The molecule has 0 spiro atoms. The van der Waals surface area contributed by atoms with Crippen molar-refractivity contribution in [3.8, 4) is 10.6 Å². The zero-order valence-corrected chi connectivity index (χ0v) is 15.8. The predicted octanol–water partition coefficient (Wildman–Crippen LogP) is 4.77. The lowest BCUT2D eigenvalue weighted by Gasteiger charge is -2.06. The number of aryl methyl sites for hydroxylation is 1. The molecule has 0 saturated heterocycles. The molecule has 0 atom stereocenters. The average Bonchev–Trinajstić information content (AvgIpc) is 3.25. The van der Waals surface area contributed by atoms with Gasteiger partial charge in [0, 0.05) is 16.6 Å². The van der Waals surface area contributed by atoms with Crippen LogP contribution in [0.1, 0.15) is 15.4 Å². The van der Waals surface area contributed by atoms with Crippen LogP contribution in [0.5, 0.6) is 0 Å². The molecule has 9 heteroatoms. The molecule has 5 nitrogen and oxygen atoms in total. The Kier molecular flexibility index (Phi) is 5.65. The third-order valence-corrected chi connectivity index (χ3v) is 5.45. The van der Waals surface area contributed by atoms with E-state index in [2.05, 4.69) is 10.3 Å². The van der Waals surface area contributed by atoms with Crippen LogP contribution in [0.4, 0.5) is 10.1 Å². The predicted molar refractivity (Wildman–Crippen MR) is 100 cm³/mol. The van der Waals surface area contributed by atoms with E-state index < -0.39 is 24.3 Å². The number of rotatable bonds is 5. The van der Waals surface area contributed by atoms with Crippen LogP contribution in [-0.2, 0) is 9.53 Å². The van der Waals surface area contributed by atoms with Gasteiger partial charge < -0.3 is 10.1 Å². The Labute approximate surface area is 161 Å². The second-order valence-electron chi connectivity index (χ2n) is 5.20. The Morgan fingerprint density at radius 1 is 1.35 bits per heavy atom. The van der Waals surface area contributed by atoms with Crippen LogP contribution in [0.25, 0.3) is 10.6 Å². The Balaban J connectivity index is 1.60. The van der Waals surface area contributed by atoms with Crippen molar-refractivity contribution in [2.24, 2.45) is 0 Å². The van der Waals surface area contributed by atoms with E-state index in [0.29, 0.717) is 16.3 Å². The minimum atomic E-state index is -0.617. The fourth-order valence-electron chi connectivity index (χ4n) is 2.06. The van der Waals surface area contributed by atoms with Gasteiger partial charge in [0.2, 0.25) is 0 Å². The van der Waals surface area contributed by atoms with E-state index in [9.17, 15) is 14.0 Å². The monoisotopic (exact) mass is 410 g/mol. The number of thiazole rings is 1. The number of esters is 1. The Morgan fingerprint density at radius 2 is 2.15 bits per heavy atom. The lowest BCUT2D eigenvalue weighted by molar-refractivity contribution is -0.119. The van der Waals surface area contributed by atoms with Crippen molar-refractivity contribution in [1.82, 2.24) is 4.98 Å². The van der Waals surface area contributed by atoms with Crippen LogP contribution in [-0.4, -0.2) is 23.5 Å². The number of thiophene rings is 1. The van der Waals surface area contributed by atoms with Crippen molar-refractivity contribution in [3.05, 3.63) is 56.4 Å². The zero-order valence-electron chi connectivity index (χ0n) is 13.4. The maximum atomic E-state index is 13.1. The quantitative estimate of drug-likeness (QED) is 0.615. The van der Waals surface area contributed by atoms with E-state index in [1.165, 1.54) is 34.8 Å². The molecule has 2 heterocycles. The Morgan fingerprint density at radius 3 is 2.85 bits per heavy atom. The first-order valence-corrected chi connectivity index (χ1v) is 9.50. The van der Waals surface area contributed by atoms with Crippen molar-refractivity contribution in [3.63, 3.8) is 0 Å². The summed E-state index contributed by atoms with van der Waals surface area (Å²) in [6, 6.07) is 5.69. The lowest BCUT2D eigenvalue weighted by Crippen LogP contribution is -2.20. The fraction of sp³-hybridized carbons (Fsp3) is 0.118. The van der Waals surface area contributed by atoms with Crippen LogP contribution in [0.15, 0.2) is 35.0 Å². The van der Waals surface area contributed by atoms with Gasteiger partial charge in [0.1, 0.15) is 15.7 Å². The van der Waals surface area contributed by atoms with E-state index >= 15 is 0 Å². The van der Waals surface area contributed by atoms with Gasteiger partial charge in [-0.2, -0.15) is 11.3 Å². The molecule has 3 rings (SSSR count).